The van der Waals surface area contributed by atoms with E-state index in [1.165, 1.54) is 17.0 Å². The van der Waals surface area contributed by atoms with E-state index in [1.54, 1.807) is 19.1 Å². The standard InChI is InChI=1S/C20H17N4O4/c1-20-17-13(12-6-2-3-7-14(12)21-17)10-11-22(20)19(26)23(18(20)25)15-8-4-5-9-16(15)24(27)28/h2-9,21,27H,10-11H2,1H3/q-1. The van der Waals surface area contributed by atoms with Crippen LogP contribution in [0, 0.1) is 5.21 Å². The van der Waals surface area contributed by atoms with Crippen LogP contribution in [0.2, 0.25) is 0 Å². The van der Waals surface area contributed by atoms with Crippen molar-refractivity contribution in [2.24, 2.45) is 0 Å². The van der Waals surface area contributed by atoms with Gasteiger partial charge in [-0.05, 0) is 37.1 Å². The van der Waals surface area contributed by atoms with Crippen molar-refractivity contribution in [3.8, 4) is 0 Å². The highest BCUT2D eigenvalue weighted by Crippen LogP contribution is 2.46. The normalized spacial score (nSPS) is 21.2. The Kier molecular flexibility index (Phi) is 3.34. The summed E-state index contributed by atoms with van der Waals surface area (Å²) in [6, 6.07) is 13.3. The number of fused-ring (bicyclic) bond motifs is 5. The second-order valence-corrected chi connectivity index (χ2v) is 7.18. The molecule has 2 aromatic carbocycles. The molecule has 5 rings (SSSR count). The fraction of sp³-hybridized carbons (Fsp3) is 0.200. The SMILES string of the molecule is CC12C(=O)N(c3ccccc3N([O-])O)C(=O)N1CCc1c2[nH]c2ccccc12. The van der Waals surface area contributed by atoms with E-state index in [0.29, 0.717) is 18.7 Å². The van der Waals surface area contributed by atoms with Gasteiger partial charge in [0.15, 0.2) is 5.54 Å². The second kappa shape index (κ2) is 5.57. The number of carbonyl (C=O) groups excluding carboxylic acids is 2. The molecule has 3 aromatic rings. The number of nitrogens with one attached hydrogen (secondary N) is 1. The minimum Gasteiger partial charge on any atom is -0.733 e. The number of para-hydroxylation sites is 3. The van der Waals surface area contributed by atoms with E-state index in [9.17, 15) is 20.0 Å². The lowest BCUT2D eigenvalue weighted by Gasteiger charge is -2.35. The lowest BCUT2D eigenvalue weighted by Crippen LogP contribution is -2.49. The molecule has 8 heteroatoms. The molecule has 8 nitrogen and oxygen atoms in total. The summed E-state index contributed by atoms with van der Waals surface area (Å²) < 4.78 is 0. The molecule has 1 unspecified atom stereocenters. The van der Waals surface area contributed by atoms with Gasteiger partial charge in [0.05, 0.1) is 17.1 Å². The van der Waals surface area contributed by atoms with Crippen molar-refractivity contribution in [2.45, 2.75) is 18.9 Å². The number of hydrogen-bond acceptors (Lipinski definition) is 5. The third kappa shape index (κ3) is 1.96. The van der Waals surface area contributed by atoms with Crippen LogP contribution in [-0.2, 0) is 16.8 Å². The summed E-state index contributed by atoms with van der Waals surface area (Å²) in [5.74, 6) is -0.459. The van der Waals surface area contributed by atoms with E-state index in [0.717, 1.165) is 21.4 Å². The molecule has 1 aromatic heterocycles. The number of imide groups is 1. The summed E-state index contributed by atoms with van der Waals surface area (Å²) >= 11 is 0. The van der Waals surface area contributed by atoms with Gasteiger partial charge in [-0.15, -0.1) is 0 Å². The predicted molar refractivity (Wildman–Crippen MR) is 103 cm³/mol. The number of urea groups is 1. The molecule has 142 valence electrons. The lowest BCUT2D eigenvalue weighted by atomic mass is 9.87. The second-order valence-electron chi connectivity index (χ2n) is 7.18. The molecule has 3 heterocycles. The van der Waals surface area contributed by atoms with Crippen LogP contribution in [0.5, 0.6) is 0 Å². The van der Waals surface area contributed by atoms with Crippen LogP contribution in [0.1, 0.15) is 18.2 Å². The molecule has 3 amide bonds. The molecule has 1 atom stereocenters. The van der Waals surface area contributed by atoms with Gasteiger partial charge in [-0.3, -0.25) is 10.0 Å². The van der Waals surface area contributed by atoms with E-state index in [-0.39, 0.29) is 16.6 Å². The highest BCUT2D eigenvalue weighted by Gasteiger charge is 2.59. The maximum Gasteiger partial charge on any atom is 0.332 e. The largest absolute Gasteiger partial charge is 0.733 e. The maximum atomic E-state index is 13.5. The number of anilines is 2. The van der Waals surface area contributed by atoms with E-state index < -0.39 is 17.5 Å². The molecule has 1 saturated heterocycles. The molecule has 0 aliphatic carbocycles. The van der Waals surface area contributed by atoms with E-state index in [4.69, 9.17) is 0 Å². The first kappa shape index (κ1) is 16.8. The Hall–Kier alpha value is -3.36. The molecule has 0 radical (unpaired) electrons. The Labute approximate surface area is 160 Å². The molecule has 0 spiro atoms. The average molecular weight is 377 g/mol. The number of rotatable bonds is 2. The molecule has 1 fully saturated rings. The number of nitrogens with zero attached hydrogens (tertiary/aromatic N) is 3. The van der Waals surface area contributed by atoms with Crippen LogP contribution < -0.4 is 10.1 Å². The molecular weight excluding hydrogens is 360 g/mol. The van der Waals surface area contributed by atoms with Gasteiger partial charge < -0.3 is 20.3 Å². The molecule has 0 bridgehead atoms. The third-order valence-corrected chi connectivity index (χ3v) is 5.80. The van der Waals surface area contributed by atoms with Gasteiger partial charge in [0.1, 0.15) is 0 Å². The summed E-state index contributed by atoms with van der Waals surface area (Å²) in [4.78, 5) is 32.5. The van der Waals surface area contributed by atoms with Gasteiger partial charge in [0.25, 0.3) is 5.91 Å². The van der Waals surface area contributed by atoms with E-state index >= 15 is 0 Å². The minimum atomic E-state index is -1.21. The monoisotopic (exact) mass is 377 g/mol. The van der Waals surface area contributed by atoms with Crippen LogP contribution >= 0.6 is 0 Å². The minimum absolute atomic E-state index is 0.0586. The van der Waals surface area contributed by atoms with Crippen molar-refractivity contribution in [2.75, 3.05) is 16.7 Å². The molecular formula is C20H17N4O4-. The number of aromatic amines is 1. The van der Waals surface area contributed by atoms with Crippen molar-refractivity contribution in [1.29, 1.82) is 0 Å². The van der Waals surface area contributed by atoms with Gasteiger partial charge in [-0.2, -0.15) is 0 Å². The highest BCUT2D eigenvalue weighted by molar-refractivity contribution is 6.24. The Morgan fingerprint density at radius 3 is 2.64 bits per heavy atom. The van der Waals surface area contributed by atoms with Crippen molar-refractivity contribution in [3.63, 3.8) is 0 Å². The zero-order chi connectivity index (χ0) is 19.6. The van der Waals surface area contributed by atoms with Crippen molar-refractivity contribution in [3.05, 3.63) is 65.0 Å². The van der Waals surface area contributed by atoms with Crippen LogP contribution in [-0.4, -0.2) is 33.6 Å². The zero-order valence-corrected chi connectivity index (χ0v) is 15.0. The Morgan fingerprint density at radius 2 is 1.86 bits per heavy atom. The van der Waals surface area contributed by atoms with Gasteiger partial charge in [-0.1, -0.05) is 30.3 Å². The van der Waals surface area contributed by atoms with E-state index in [2.05, 4.69) is 4.98 Å². The fourth-order valence-electron chi connectivity index (χ4n) is 4.42. The van der Waals surface area contributed by atoms with Crippen LogP contribution in [0.25, 0.3) is 10.9 Å². The molecule has 28 heavy (non-hydrogen) atoms. The highest BCUT2D eigenvalue weighted by atomic mass is 16.8. The van der Waals surface area contributed by atoms with Crippen molar-refractivity contribution >= 4 is 34.2 Å². The van der Waals surface area contributed by atoms with Gasteiger partial charge in [0.2, 0.25) is 0 Å². The van der Waals surface area contributed by atoms with Gasteiger partial charge in [0, 0.05) is 17.4 Å². The first-order chi connectivity index (χ1) is 13.4. The van der Waals surface area contributed by atoms with Crippen LogP contribution in [0.3, 0.4) is 0 Å². The molecule has 2 aliphatic rings. The lowest BCUT2D eigenvalue weighted by molar-refractivity contribution is -0.125. The first-order valence-electron chi connectivity index (χ1n) is 8.96. The topological polar surface area (TPSA) is 103 Å². The van der Waals surface area contributed by atoms with Crippen LogP contribution in [0.4, 0.5) is 16.2 Å². The number of hydrogen-bond donors (Lipinski definition) is 2. The molecule has 0 saturated carbocycles. The number of amides is 3. The Morgan fingerprint density at radius 1 is 1.14 bits per heavy atom. The quantitative estimate of drug-likeness (QED) is 0.528. The van der Waals surface area contributed by atoms with Crippen molar-refractivity contribution < 1.29 is 14.8 Å². The Balaban J connectivity index is 1.70. The number of benzene rings is 2. The zero-order valence-electron chi connectivity index (χ0n) is 15.0. The summed E-state index contributed by atoms with van der Waals surface area (Å²) in [6.07, 6.45) is 0.622. The number of H-pyrrole nitrogens is 1. The average Bonchev–Trinajstić information content (AvgIpc) is 3.16. The fourth-order valence-corrected chi connectivity index (χ4v) is 4.42. The smallest absolute Gasteiger partial charge is 0.332 e. The molecule has 2 aliphatic heterocycles. The summed E-state index contributed by atoms with van der Waals surface area (Å²) in [5.41, 5.74) is 1.32. The number of aromatic nitrogens is 1. The summed E-state index contributed by atoms with van der Waals surface area (Å²) in [7, 11) is 0. The van der Waals surface area contributed by atoms with Crippen LogP contribution in [0.15, 0.2) is 48.5 Å². The van der Waals surface area contributed by atoms with Gasteiger partial charge >= 0.3 is 6.03 Å². The first-order valence-corrected chi connectivity index (χ1v) is 8.96. The predicted octanol–water partition coefficient (Wildman–Crippen LogP) is 3.10. The summed E-state index contributed by atoms with van der Waals surface area (Å²) in [6.45, 7) is 2.10. The maximum absolute atomic E-state index is 13.5. The van der Waals surface area contributed by atoms with Crippen molar-refractivity contribution in [1.82, 2.24) is 9.88 Å². The van der Waals surface area contributed by atoms with E-state index in [1.807, 2.05) is 24.3 Å². The Bertz CT molecular complexity index is 1140. The van der Waals surface area contributed by atoms with Gasteiger partial charge in [-0.25, -0.2) is 9.69 Å². The third-order valence-electron chi connectivity index (χ3n) is 5.80. The molecule has 2 N–H and O–H groups in total. The number of carbonyl (C=O) groups is 2. The summed E-state index contributed by atoms with van der Waals surface area (Å²) in [5, 5.41) is 21.7.